The van der Waals surface area contributed by atoms with Crippen LogP contribution in [-0.2, 0) is 36.8 Å². The zero-order valence-electron chi connectivity index (χ0n) is 17.8. The number of esters is 2. The van der Waals surface area contributed by atoms with Gasteiger partial charge in [0.15, 0.2) is 5.60 Å². The van der Waals surface area contributed by atoms with E-state index in [-0.39, 0.29) is 17.8 Å². The predicted molar refractivity (Wildman–Crippen MR) is 115 cm³/mol. The molecule has 7 heteroatoms. The van der Waals surface area contributed by atoms with Crippen LogP contribution in [0.2, 0.25) is 0 Å². The zero-order valence-corrected chi connectivity index (χ0v) is 17.8. The van der Waals surface area contributed by atoms with Gasteiger partial charge in [0.25, 0.3) is 0 Å². The smallest absolute Gasteiger partial charge is 0.337 e. The summed E-state index contributed by atoms with van der Waals surface area (Å²) in [5, 5.41) is 9.50. The minimum Gasteiger partial charge on any atom is -0.486 e. The third kappa shape index (κ3) is 3.81. The van der Waals surface area contributed by atoms with E-state index in [4.69, 9.17) is 18.9 Å². The van der Waals surface area contributed by atoms with Crippen LogP contribution < -0.4 is 4.74 Å². The van der Waals surface area contributed by atoms with Gasteiger partial charge in [-0.15, -0.1) is 0 Å². The van der Waals surface area contributed by atoms with Gasteiger partial charge >= 0.3 is 11.9 Å². The molecule has 0 radical (unpaired) electrons. The van der Waals surface area contributed by atoms with Gasteiger partial charge in [-0.05, 0) is 29.3 Å². The molecular weight excluding hydrogens is 412 g/mol. The van der Waals surface area contributed by atoms with Gasteiger partial charge in [-0.3, -0.25) is 0 Å². The summed E-state index contributed by atoms with van der Waals surface area (Å²) in [6.45, 7) is -0.135. The molecule has 0 spiro atoms. The fraction of sp³-hybridized carbons (Fsp3) is 0.280. The molecule has 2 aromatic rings. The first kappa shape index (κ1) is 21.8. The number of aliphatic hydroxyl groups is 1. The Kier molecular flexibility index (Phi) is 6.12. The molecule has 1 N–H and O–H groups in total. The number of methoxy groups -OCH3 is 2. The van der Waals surface area contributed by atoms with Crippen molar-refractivity contribution in [2.45, 2.75) is 30.8 Å². The SMILES string of the molecule is COC(=O)C1=C(C(=O)OC)C2(C(Cc3ccccc3)Oc3cccc(CO)c3)C=CC1O2. The van der Waals surface area contributed by atoms with Gasteiger partial charge in [0.05, 0.1) is 32.0 Å². The Morgan fingerprint density at radius 3 is 2.44 bits per heavy atom. The fourth-order valence-corrected chi connectivity index (χ4v) is 4.20. The second-order valence-corrected chi connectivity index (χ2v) is 7.56. The largest absolute Gasteiger partial charge is 0.486 e. The molecule has 0 fully saturated rings. The minimum atomic E-state index is -1.34. The highest BCUT2D eigenvalue weighted by molar-refractivity contribution is 6.05. The van der Waals surface area contributed by atoms with Gasteiger partial charge in [0.2, 0.25) is 0 Å². The predicted octanol–water partition coefficient (Wildman–Crippen LogP) is 2.52. The normalized spacial score (nSPS) is 22.0. The summed E-state index contributed by atoms with van der Waals surface area (Å²) in [6.07, 6.45) is 2.42. The monoisotopic (exact) mass is 436 g/mol. The van der Waals surface area contributed by atoms with E-state index in [9.17, 15) is 14.7 Å². The number of carbonyl (C=O) groups excluding carboxylic acids is 2. The molecule has 0 amide bonds. The second kappa shape index (κ2) is 8.98. The highest BCUT2D eigenvalue weighted by Crippen LogP contribution is 2.47. The van der Waals surface area contributed by atoms with Gasteiger partial charge < -0.3 is 24.1 Å². The van der Waals surface area contributed by atoms with Gasteiger partial charge in [0, 0.05) is 6.42 Å². The molecule has 3 unspecified atom stereocenters. The standard InChI is InChI=1S/C25H24O7/c1-29-23(27)21-19-11-12-25(32-19,22(21)24(28)30-2)20(14-16-7-4-3-5-8-16)31-18-10-6-9-17(13-18)15-26/h3-13,19-20,26H,14-15H2,1-2H3. The van der Waals surface area contributed by atoms with E-state index in [1.165, 1.54) is 14.2 Å². The molecule has 2 aromatic carbocycles. The molecular formula is C25H24O7. The van der Waals surface area contributed by atoms with Crippen LogP contribution in [0.4, 0.5) is 0 Å². The Morgan fingerprint density at radius 1 is 1.03 bits per heavy atom. The second-order valence-electron chi connectivity index (χ2n) is 7.56. The average Bonchev–Trinajstić information content (AvgIpc) is 3.41. The van der Waals surface area contributed by atoms with E-state index in [2.05, 4.69) is 0 Å². The summed E-state index contributed by atoms with van der Waals surface area (Å²) in [5.41, 5.74) is 0.504. The number of aliphatic hydroxyl groups excluding tert-OH is 1. The Bertz CT molecular complexity index is 1070. The summed E-state index contributed by atoms with van der Waals surface area (Å²) in [7, 11) is 2.51. The van der Waals surface area contributed by atoms with E-state index in [1.54, 1.807) is 36.4 Å². The number of ether oxygens (including phenoxy) is 4. The molecule has 0 saturated heterocycles. The number of fused-ring (bicyclic) bond motifs is 2. The molecule has 2 aliphatic heterocycles. The zero-order chi connectivity index (χ0) is 22.7. The lowest BCUT2D eigenvalue weighted by molar-refractivity contribution is -0.140. The number of hydrogen-bond acceptors (Lipinski definition) is 7. The third-order valence-electron chi connectivity index (χ3n) is 5.68. The lowest BCUT2D eigenvalue weighted by Gasteiger charge is -2.34. The molecule has 0 aromatic heterocycles. The van der Waals surface area contributed by atoms with Crippen LogP contribution in [0, 0.1) is 0 Å². The van der Waals surface area contributed by atoms with E-state index in [0.29, 0.717) is 17.7 Å². The molecule has 7 nitrogen and oxygen atoms in total. The van der Waals surface area contributed by atoms with Gasteiger partial charge in [-0.1, -0.05) is 48.5 Å². The summed E-state index contributed by atoms with van der Waals surface area (Å²) >= 11 is 0. The minimum absolute atomic E-state index is 0.0820. The average molecular weight is 436 g/mol. The van der Waals surface area contributed by atoms with Crippen molar-refractivity contribution in [3.05, 3.63) is 89.0 Å². The number of hydrogen-bond donors (Lipinski definition) is 1. The lowest BCUT2D eigenvalue weighted by Crippen LogP contribution is -2.48. The maximum absolute atomic E-state index is 12.9. The van der Waals surface area contributed by atoms with E-state index >= 15 is 0 Å². The van der Waals surface area contributed by atoms with Crippen molar-refractivity contribution in [2.75, 3.05) is 14.2 Å². The summed E-state index contributed by atoms with van der Waals surface area (Å²) in [4.78, 5) is 25.4. The quantitative estimate of drug-likeness (QED) is 0.502. The van der Waals surface area contributed by atoms with Crippen LogP contribution in [0.15, 0.2) is 77.9 Å². The Hall–Kier alpha value is -3.42. The fourth-order valence-electron chi connectivity index (χ4n) is 4.20. The highest BCUT2D eigenvalue weighted by Gasteiger charge is 2.59. The molecule has 166 valence electrons. The molecule has 4 rings (SSSR count). The first-order valence-corrected chi connectivity index (χ1v) is 10.2. The summed E-state index contributed by atoms with van der Waals surface area (Å²) < 4.78 is 22.5. The first-order chi connectivity index (χ1) is 15.5. The number of benzene rings is 2. The van der Waals surface area contributed by atoms with E-state index in [0.717, 1.165) is 5.56 Å². The topological polar surface area (TPSA) is 91.3 Å². The molecule has 2 heterocycles. The van der Waals surface area contributed by atoms with Crippen molar-refractivity contribution >= 4 is 11.9 Å². The van der Waals surface area contributed by atoms with Crippen molar-refractivity contribution in [1.82, 2.24) is 0 Å². The number of rotatable bonds is 8. The third-order valence-corrected chi connectivity index (χ3v) is 5.68. The van der Waals surface area contributed by atoms with Crippen LogP contribution in [0.1, 0.15) is 11.1 Å². The maximum atomic E-state index is 12.9. The van der Waals surface area contributed by atoms with Crippen LogP contribution in [0.3, 0.4) is 0 Å². The molecule has 3 atom stereocenters. The Labute approximate surface area is 185 Å². The molecule has 2 bridgehead atoms. The Morgan fingerprint density at radius 2 is 1.75 bits per heavy atom. The van der Waals surface area contributed by atoms with Crippen molar-refractivity contribution in [3.63, 3.8) is 0 Å². The highest BCUT2D eigenvalue weighted by atomic mass is 16.6. The molecule has 32 heavy (non-hydrogen) atoms. The first-order valence-electron chi connectivity index (χ1n) is 10.2. The molecule has 0 aliphatic carbocycles. The van der Waals surface area contributed by atoms with Crippen molar-refractivity contribution < 1.29 is 33.6 Å². The van der Waals surface area contributed by atoms with Crippen LogP contribution in [0.5, 0.6) is 5.75 Å². The van der Waals surface area contributed by atoms with Crippen LogP contribution in [-0.4, -0.2) is 49.1 Å². The number of carbonyl (C=O) groups is 2. The van der Waals surface area contributed by atoms with E-state index < -0.39 is 29.7 Å². The maximum Gasteiger partial charge on any atom is 0.337 e. The van der Waals surface area contributed by atoms with Crippen molar-refractivity contribution in [3.8, 4) is 5.75 Å². The summed E-state index contributed by atoms with van der Waals surface area (Å²) in [5.74, 6) is -0.826. The van der Waals surface area contributed by atoms with Gasteiger partial charge in [-0.25, -0.2) is 9.59 Å². The van der Waals surface area contributed by atoms with Crippen molar-refractivity contribution in [1.29, 1.82) is 0 Å². The molecule has 2 aliphatic rings. The molecule has 0 saturated carbocycles. The van der Waals surface area contributed by atoms with Gasteiger partial charge in [0.1, 0.15) is 18.0 Å². The lowest BCUT2D eigenvalue weighted by atomic mass is 9.80. The van der Waals surface area contributed by atoms with Crippen LogP contribution in [0.25, 0.3) is 0 Å². The van der Waals surface area contributed by atoms with E-state index in [1.807, 2.05) is 30.3 Å². The summed E-state index contributed by atoms with van der Waals surface area (Å²) in [6, 6.07) is 16.7. The Balaban J connectivity index is 1.81. The van der Waals surface area contributed by atoms with Gasteiger partial charge in [-0.2, -0.15) is 0 Å². The van der Waals surface area contributed by atoms with Crippen molar-refractivity contribution in [2.24, 2.45) is 0 Å². The van der Waals surface area contributed by atoms with Crippen LogP contribution >= 0.6 is 0 Å².